The molecule has 0 saturated carbocycles. The molecule has 0 aromatic carbocycles. The van der Waals surface area contributed by atoms with E-state index in [0.29, 0.717) is 5.65 Å². The number of aromatic amines is 1. The number of imidazole rings is 1. The predicted octanol–water partition coefficient (Wildman–Crippen LogP) is -1.61. The van der Waals surface area contributed by atoms with Gasteiger partial charge in [-0.05, 0) is 0 Å². The van der Waals surface area contributed by atoms with Gasteiger partial charge in [-0.15, -0.1) is 0 Å². The zero-order valence-electron chi connectivity index (χ0n) is 10.6. The summed E-state index contributed by atoms with van der Waals surface area (Å²) < 4.78 is 12.3. The van der Waals surface area contributed by atoms with E-state index in [4.69, 9.17) is 9.47 Å². The summed E-state index contributed by atoms with van der Waals surface area (Å²) in [5.41, 5.74) is 0.138. The van der Waals surface area contributed by atoms with Crippen LogP contribution in [0.2, 0.25) is 0 Å². The van der Waals surface area contributed by atoms with Gasteiger partial charge in [0.05, 0.1) is 19.3 Å². The summed E-state index contributed by atoms with van der Waals surface area (Å²) in [7, 11) is 1.43. The molecular formula is C11H14N4O5. The van der Waals surface area contributed by atoms with Crippen LogP contribution in [-0.4, -0.2) is 61.8 Å². The molecule has 0 radical (unpaired) electrons. The number of aliphatic hydroxyl groups is 2. The maximum absolute atomic E-state index is 11.6. The minimum Gasteiger partial charge on any atom is -0.394 e. The van der Waals surface area contributed by atoms with Crippen LogP contribution < -0.4 is 5.56 Å². The highest BCUT2D eigenvalue weighted by Gasteiger charge is 2.45. The highest BCUT2D eigenvalue weighted by atomic mass is 16.6. The third-order valence-electron chi connectivity index (χ3n) is 3.40. The van der Waals surface area contributed by atoms with E-state index < -0.39 is 24.5 Å². The number of aliphatic hydroxyl groups excluding tert-OH is 2. The number of nitrogens with one attached hydrogen (secondary N) is 1. The van der Waals surface area contributed by atoms with Crippen molar-refractivity contribution < 1.29 is 19.7 Å². The molecule has 3 rings (SSSR count). The van der Waals surface area contributed by atoms with E-state index >= 15 is 0 Å². The van der Waals surface area contributed by atoms with E-state index in [-0.39, 0.29) is 17.7 Å². The van der Waals surface area contributed by atoms with Gasteiger partial charge in [0.25, 0.3) is 5.56 Å². The number of ether oxygens (including phenoxy) is 2. The van der Waals surface area contributed by atoms with Gasteiger partial charge in [0, 0.05) is 7.11 Å². The van der Waals surface area contributed by atoms with E-state index in [1.165, 1.54) is 24.3 Å². The maximum Gasteiger partial charge on any atom is 0.278 e. The molecule has 9 heteroatoms. The smallest absolute Gasteiger partial charge is 0.278 e. The molecule has 1 aliphatic rings. The molecule has 20 heavy (non-hydrogen) atoms. The number of hydrogen-bond donors (Lipinski definition) is 3. The second-order valence-electron chi connectivity index (χ2n) is 4.49. The first-order valence-electron chi connectivity index (χ1n) is 6.04. The standard InChI is InChI=1S/C11H14N4O5/c1-19-8-7(17)5(2-16)20-11(8)15-4-14-6-9(15)12-3-13-10(6)18/h3-5,7-8,11,16-17H,2H2,1H3,(H,12,13,18)/t5-,7?,8+,11-/m1/s1. The predicted molar refractivity (Wildman–Crippen MR) is 65.9 cm³/mol. The summed E-state index contributed by atoms with van der Waals surface area (Å²) >= 11 is 0. The summed E-state index contributed by atoms with van der Waals surface area (Å²) in [6.45, 7) is -0.335. The van der Waals surface area contributed by atoms with Gasteiger partial charge in [-0.2, -0.15) is 0 Å². The Hall–Kier alpha value is -1.81. The van der Waals surface area contributed by atoms with Crippen molar-refractivity contribution in [1.82, 2.24) is 19.5 Å². The minimum atomic E-state index is -0.977. The lowest BCUT2D eigenvalue weighted by Crippen LogP contribution is -2.34. The molecule has 0 spiro atoms. The molecule has 3 N–H and O–H groups in total. The van der Waals surface area contributed by atoms with Crippen molar-refractivity contribution in [1.29, 1.82) is 0 Å². The average Bonchev–Trinajstić information content (AvgIpc) is 3.00. The molecule has 2 aromatic rings. The van der Waals surface area contributed by atoms with Crippen molar-refractivity contribution in [3.05, 3.63) is 23.0 Å². The molecule has 1 aliphatic heterocycles. The quantitative estimate of drug-likeness (QED) is 0.618. The number of nitrogens with zero attached hydrogens (tertiary/aromatic N) is 3. The molecule has 0 aliphatic carbocycles. The zero-order valence-corrected chi connectivity index (χ0v) is 10.6. The largest absolute Gasteiger partial charge is 0.394 e. The van der Waals surface area contributed by atoms with Crippen molar-refractivity contribution in [3.63, 3.8) is 0 Å². The van der Waals surface area contributed by atoms with Crippen LogP contribution >= 0.6 is 0 Å². The molecule has 1 saturated heterocycles. The van der Waals surface area contributed by atoms with Crippen LogP contribution in [0.25, 0.3) is 11.2 Å². The third kappa shape index (κ3) is 1.83. The number of hydrogen-bond acceptors (Lipinski definition) is 7. The first kappa shape index (κ1) is 13.2. The summed E-state index contributed by atoms with van der Waals surface area (Å²) in [5.74, 6) is 0. The maximum atomic E-state index is 11.6. The molecule has 1 unspecified atom stereocenters. The van der Waals surface area contributed by atoms with Crippen LogP contribution in [-0.2, 0) is 9.47 Å². The molecule has 1 fully saturated rings. The molecule has 9 nitrogen and oxygen atoms in total. The fourth-order valence-corrected chi connectivity index (χ4v) is 2.40. The highest BCUT2D eigenvalue weighted by molar-refractivity contribution is 5.68. The van der Waals surface area contributed by atoms with E-state index in [0.717, 1.165) is 0 Å². The Kier molecular flexibility index (Phi) is 3.26. The fourth-order valence-electron chi connectivity index (χ4n) is 2.40. The first-order valence-corrected chi connectivity index (χ1v) is 6.04. The number of H-pyrrole nitrogens is 1. The second-order valence-corrected chi connectivity index (χ2v) is 4.49. The van der Waals surface area contributed by atoms with Crippen LogP contribution in [0.15, 0.2) is 17.4 Å². The van der Waals surface area contributed by atoms with Gasteiger partial charge in [0.1, 0.15) is 18.3 Å². The summed E-state index contributed by atoms with van der Waals surface area (Å²) in [6.07, 6.45) is -0.480. The van der Waals surface area contributed by atoms with Gasteiger partial charge in [-0.1, -0.05) is 0 Å². The van der Waals surface area contributed by atoms with Crippen LogP contribution in [0.1, 0.15) is 6.23 Å². The van der Waals surface area contributed by atoms with E-state index in [1.807, 2.05) is 0 Å². The zero-order chi connectivity index (χ0) is 14.3. The number of rotatable bonds is 3. The monoisotopic (exact) mass is 282 g/mol. The number of methoxy groups -OCH3 is 1. The Labute approximate surface area is 112 Å². The summed E-state index contributed by atoms with van der Waals surface area (Å²) in [5, 5.41) is 19.2. The lowest BCUT2D eigenvalue weighted by molar-refractivity contribution is -0.0583. The van der Waals surface area contributed by atoms with Crippen LogP contribution in [0, 0.1) is 0 Å². The average molecular weight is 282 g/mol. The minimum absolute atomic E-state index is 0.174. The Bertz CT molecular complexity index is 668. The van der Waals surface area contributed by atoms with Gasteiger partial charge in [0.2, 0.25) is 0 Å². The van der Waals surface area contributed by atoms with Crippen molar-refractivity contribution in [2.45, 2.75) is 24.5 Å². The Morgan fingerprint density at radius 3 is 3.05 bits per heavy atom. The van der Waals surface area contributed by atoms with Crippen molar-refractivity contribution in [3.8, 4) is 0 Å². The van der Waals surface area contributed by atoms with Crippen molar-refractivity contribution >= 4 is 11.2 Å². The van der Waals surface area contributed by atoms with E-state index in [1.54, 1.807) is 0 Å². The molecule has 108 valence electrons. The number of fused-ring (bicyclic) bond motifs is 1. The van der Waals surface area contributed by atoms with Gasteiger partial charge >= 0.3 is 0 Å². The number of aromatic nitrogens is 4. The third-order valence-corrected chi connectivity index (χ3v) is 3.40. The normalized spacial score (nSPS) is 30.1. The van der Waals surface area contributed by atoms with Crippen molar-refractivity contribution in [2.75, 3.05) is 13.7 Å². The molecular weight excluding hydrogens is 268 g/mol. The summed E-state index contributed by atoms with van der Waals surface area (Å²) in [6, 6.07) is 0. The van der Waals surface area contributed by atoms with Gasteiger partial charge in [0.15, 0.2) is 17.4 Å². The molecule has 0 amide bonds. The summed E-state index contributed by atoms with van der Waals surface area (Å²) in [4.78, 5) is 22.1. The van der Waals surface area contributed by atoms with Gasteiger partial charge in [-0.25, -0.2) is 9.97 Å². The van der Waals surface area contributed by atoms with E-state index in [9.17, 15) is 15.0 Å². The molecule has 3 heterocycles. The highest BCUT2D eigenvalue weighted by Crippen LogP contribution is 2.32. The second kappa shape index (κ2) is 4.94. The Balaban J connectivity index is 2.06. The Morgan fingerprint density at radius 1 is 1.55 bits per heavy atom. The fraction of sp³-hybridized carbons (Fsp3) is 0.545. The molecule has 4 atom stereocenters. The van der Waals surface area contributed by atoms with Crippen LogP contribution in [0.3, 0.4) is 0 Å². The van der Waals surface area contributed by atoms with Crippen LogP contribution in [0.5, 0.6) is 0 Å². The van der Waals surface area contributed by atoms with Crippen molar-refractivity contribution in [2.24, 2.45) is 0 Å². The lowest BCUT2D eigenvalue weighted by atomic mass is 10.1. The van der Waals surface area contributed by atoms with E-state index in [2.05, 4.69) is 15.0 Å². The van der Waals surface area contributed by atoms with Gasteiger partial charge < -0.3 is 24.7 Å². The topological polar surface area (TPSA) is 122 Å². The van der Waals surface area contributed by atoms with Crippen LogP contribution in [0.4, 0.5) is 0 Å². The molecule has 2 aromatic heterocycles. The molecule has 0 bridgehead atoms. The van der Waals surface area contributed by atoms with Gasteiger partial charge in [-0.3, -0.25) is 9.36 Å². The Morgan fingerprint density at radius 2 is 2.35 bits per heavy atom. The SMILES string of the molecule is CO[C@H]1C(O)[C@@H](CO)O[C@H]1n1cnc2c(=O)[nH]cnc21. The first-order chi connectivity index (χ1) is 9.67. The lowest BCUT2D eigenvalue weighted by Gasteiger charge is -2.19.